The summed E-state index contributed by atoms with van der Waals surface area (Å²) in [5.41, 5.74) is 1.36. The summed E-state index contributed by atoms with van der Waals surface area (Å²) in [5, 5.41) is 5.86. The van der Waals surface area contributed by atoms with Crippen LogP contribution in [0.15, 0.2) is 48.5 Å². The van der Waals surface area contributed by atoms with E-state index < -0.39 is 17.9 Å². The van der Waals surface area contributed by atoms with E-state index in [4.69, 9.17) is 9.47 Å². The summed E-state index contributed by atoms with van der Waals surface area (Å²) < 4.78 is 9.81. The molecule has 31 heavy (non-hydrogen) atoms. The van der Waals surface area contributed by atoms with Gasteiger partial charge >= 0.3 is 17.9 Å². The second-order valence-corrected chi connectivity index (χ2v) is 7.47. The van der Waals surface area contributed by atoms with Crippen LogP contribution in [0.3, 0.4) is 0 Å². The van der Waals surface area contributed by atoms with Gasteiger partial charge in [0.2, 0.25) is 0 Å². The zero-order chi connectivity index (χ0) is 21.4. The molecule has 6 heteroatoms. The molecule has 1 aliphatic rings. The summed E-state index contributed by atoms with van der Waals surface area (Å²) in [6.45, 7) is 0. The van der Waals surface area contributed by atoms with Crippen molar-refractivity contribution in [2.75, 3.05) is 7.11 Å². The lowest BCUT2D eigenvalue weighted by Gasteiger charge is -2.21. The lowest BCUT2D eigenvalue weighted by atomic mass is 9.84. The first-order valence-corrected chi connectivity index (χ1v) is 9.55. The van der Waals surface area contributed by atoms with E-state index in [-0.39, 0.29) is 0 Å². The number of fused-ring (bicyclic) bond motifs is 2. The van der Waals surface area contributed by atoms with Crippen molar-refractivity contribution in [2.45, 2.75) is 0 Å². The first-order chi connectivity index (χ1) is 15.0. The number of hydrogen-bond donors (Lipinski definition) is 0. The normalized spacial score (nSPS) is 13.3. The summed E-state index contributed by atoms with van der Waals surface area (Å²) in [6, 6.07) is 13.9. The maximum Gasteiger partial charge on any atom is 0.346 e. The van der Waals surface area contributed by atoms with E-state index in [1.165, 1.54) is 7.11 Å². The van der Waals surface area contributed by atoms with Crippen molar-refractivity contribution < 1.29 is 28.7 Å². The highest BCUT2D eigenvalue weighted by molar-refractivity contribution is 6.38. The minimum atomic E-state index is -0.672. The van der Waals surface area contributed by atoms with Crippen molar-refractivity contribution >= 4 is 67.3 Å². The van der Waals surface area contributed by atoms with E-state index in [9.17, 15) is 19.2 Å². The van der Waals surface area contributed by atoms with Crippen LogP contribution in [0.1, 0.15) is 41.4 Å². The monoisotopic (exact) mass is 408 g/mol. The average molecular weight is 408 g/mol. The van der Waals surface area contributed by atoms with Gasteiger partial charge in [-0.25, -0.2) is 14.4 Å². The van der Waals surface area contributed by atoms with Gasteiger partial charge in [0.25, 0.3) is 0 Å². The third-order valence-corrected chi connectivity index (χ3v) is 6.09. The molecule has 0 saturated carbocycles. The second-order valence-electron chi connectivity index (χ2n) is 7.47. The van der Waals surface area contributed by atoms with Crippen LogP contribution in [0.25, 0.3) is 43.1 Å². The first kappa shape index (κ1) is 17.5. The number of carbonyl (C=O) groups excluding carboxylic acids is 4. The molecular formula is C25H12O6. The lowest BCUT2D eigenvalue weighted by molar-refractivity contribution is 0.0390. The Labute approximate surface area is 174 Å². The SMILES string of the molecule is COC(=O)c1ccc2c3ccc4c5c(ccc(c6ccc(C=O)c1c62)c53)C(=O)OC4=O. The molecule has 5 aromatic rings. The van der Waals surface area contributed by atoms with Gasteiger partial charge in [0.1, 0.15) is 0 Å². The molecule has 6 nitrogen and oxygen atoms in total. The van der Waals surface area contributed by atoms with Crippen LogP contribution in [0.4, 0.5) is 0 Å². The second kappa shape index (κ2) is 5.86. The Bertz CT molecular complexity index is 1590. The molecule has 6 rings (SSSR count). The van der Waals surface area contributed by atoms with Gasteiger partial charge in [-0.3, -0.25) is 4.79 Å². The molecule has 1 heterocycles. The smallest absolute Gasteiger partial charge is 0.346 e. The Morgan fingerprint density at radius 3 is 1.81 bits per heavy atom. The molecular weight excluding hydrogens is 396 g/mol. The van der Waals surface area contributed by atoms with Crippen LogP contribution in [0.2, 0.25) is 0 Å². The molecule has 0 radical (unpaired) electrons. The number of rotatable bonds is 2. The molecule has 0 spiro atoms. The molecule has 5 aromatic carbocycles. The van der Waals surface area contributed by atoms with Gasteiger partial charge in [-0.1, -0.05) is 30.3 Å². The Morgan fingerprint density at radius 1 is 0.742 bits per heavy atom. The number of methoxy groups -OCH3 is 1. The Kier molecular flexibility index (Phi) is 3.31. The molecule has 148 valence electrons. The van der Waals surface area contributed by atoms with Gasteiger partial charge in [-0.2, -0.15) is 0 Å². The standard InChI is InChI=1S/C25H12O6/c1-30-23(27)16-7-4-13-15-6-9-18-22-17(24(28)31-25(18)29)8-5-14(21(15)22)12-3-2-11(10-26)19(16)20(12)13/h2-10H,1H3. The van der Waals surface area contributed by atoms with E-state index in [1.54, 1.807) is 24.3 Å². The number of hydrogen-bond acceptors (Lipinski definition) is 6. The predicted molar refractivity (Wildman–Crippen MR) is 114 cm³/mol. The van der Waals surface area contributed by atoms with Crippen molar-refractivity contribution in [3.8, 4) is 0 Å². The van der Waals surface area contributed by atoms with Crippen LogP contribution in [-0.4, -0.2) is 31.3 Å². The summed E-state index contributed by atoms with van der Waals surface area (Å²) >= 11 is 0. The molecule has 0 unspecified atom stereocenters. The fraction of sp³-hybridized carbons (Fsp3) is 0.0400. The number of esters is 3. The fourth-order valence-corrected chi connectivity index (χ4v) is 4.83. The van der Waals surface area contributed by atoms with E-state index in [0.29, 0.717) is 33.0 Å². The molecule has 0 aromatic heterocycles. The molecule has 0 aliphatic carbocycles. The highest BCUT2D eigenvalue weighted by Gasteiger charge is 2.30. The number of ether oxygens (including phenoxy) is 2. The number of cyclic esters (lactones) is 2. The maximum absolute atomic E-state index is 12.4. The van der Waals surface area contributed by atoms with Gasteiger partial charge in [-0.05, 0) is 50.5 Å². The van der Waals surface area contributed by atoms with Gasteiger partial charge < -0.3 is 9.47 Å². The molecule has 0 saturated heterocycles. The summed E-state index contributed by atoms with van der Waals surface area (Å²) in [5.74, 6) is -1.87. The van der Waals surface area contributed by atoms with E-state index in [0.717, 1.165) is 38.6 Å². The maximum atomic E-state index is 12.4. The Hall–Kier alpha value is -4.32. The summed E-state index contributed by atoms with van der Waals surface area (Å²) in [6.07, 6.45) is 0.722. The Morgan fingerprint density at radius 2 is 1.26 bits per heavy atom. The van der Waals surface area contributed by atoms with E-state index in [1.807, 2.05) is 24.3 Å². The molecule has 0 atom stereocenters. The van der Waals surface area contributed by atoms with Gasteiger partial charge in [0, 0.05) is 16.3 Å². The van der Waals surface area contributed by atoms with Crippen molar-refractivity contribution in [2.24, 2.45) is 0 Å². The molecule has 0 fully saturated rings. The van der Waals surface area contributed by atoms with Crippen molar-refractivity contribution in [1.82, 2.24) is 0 Å². The van der Waals surface area contributed by atoms with Crippen molar-refractivity contribution in [3.05, 3.63) is 70.8 Å². The third kappa shape index (κ3) is 2.06. The molecule has 0 amide bonds. The largest absolute Gasteiger partial charge is 0.465 e. The topological polar surface area (TPSA) is 86.7 Å². The third-order valence-electron chi connectivity index (χ3n) is 6.09. The van der Waals surface area contributed by atoms with Crippen LogP contribution < -0.4 is 0 Å². The predicted octanol–water partition coefficient (Wildman–Crippen LogP) is 4.65. The first-order valence-electron chi connectivity index (χ1n) is 9.55. The van der Waals surface area contributed by atoms with Crippen LogP contribution >= 0.6 is 0 Å². The highest BCUT2D eigenvalue weighted by atomic mass is 16.6. The quantitative estimate of drug-likeness (QED) is 0.139. The van der Waals surface area contributed by atoms with Crippen LogP contribution in [-0.2, 0) is 9.47 Å². The van der Waals surface area contributed by atoms with Gasteiger partial charge in [-0.15, -0.1) is 0 Å². The zero-order valence-corrected chi connectivity index (χ0v) is 16.1. The number of carbonyl (C=O) groups is 4. The average Bonchev–Trinajstić information content (AvgIpc) is 2.80. The van der Waals surface area contributed by atoms with Crippen molar-refractivity contribution in [1.29, 1.82) is 0 Å². The zero-order valence-electron chi connectivity index (χ0n) is 16.1. The van der Waals surface area contributed by atoms with Crippen LogP contribution in [0, 0.1) is 0 Å². The molecule has 1 aliphatic heterocycles. The highest BCUT2D eigenvalue weighted by Crippen LogP contribution is 2.44. The van der Waals surface area contributed by atoms with Gasteiger partial charge in [0.15, 0.2) is 6.29 Å². The van der Waals surface area contributed by atoms with Gasteiger partial charge in [0.05, 0.1) is 23.8 Å². The summed E-state index contributed by atoms with van der Waals surface area (Å²) in [4.78, 5) is 49.0. The van der Waals surface area contributed by atoms with Crippen molar-refractivity contribution in [3.63, 3.8) is 0 Å². The van der Waals surface area contributed by atoms with E-state index >= 15 is 0 Å². The lowest BCUT2D eigenvalue weighted by Crippen LogP contribution is -2.19. The molecule has 0 bridgehead atoms. The fourth-order valence-electron chi connectivity index (χ4n) is 4.83. The van der Waals surface area contributed by atoms with Crippen LogP contribution in [0.5, 0.6) is 0 Å². The summed E-state index contributed by atoms with van der Waals surface area (Å²) in [7, 11) is 1.30. The molecule has 0 N–H and O–H groups in total. The number of benzene rings is 5. The van der Waals surface area contributed by atoms with E-state index in [2.05, 4.69) is 0 Å². The number of aldehydes is 1. The minimum absolute atomic E-state index is 0.304. The Balaban J connectivity index is 1.94. The minimum Gasteiger partial charge on any atom is -0.465 e.